The summed E-state index contributed by atoms with van der Waals surface area (Å²) in [7, 11) is 0. The maximum atomic E-state index is 13.4. The molecule has 0 saturated carbocycles. The molecule has 0 unspecified atom stereocenters. The minimum absolute atomic E-state index is 0.00569. The van der Waals surface area contributed by atoms with Crippen molar-refractivity contribution in [2.24, 2.45) is 0 Å². The third-order valence-electron chi connectivity index (χ3n) is 5.34. The number of benzene rings is 3. The molecule has 0 atom stereocenters. The summed E-state index contributed by atoms with van der Waals surface area (Å²) in [6.45, 7) is 3.87. The van der Waals surface area contributed by atoms with Crippen molar-refractivity contribution in [3.05, 3.63) is 101 Å². The lowest BCUT2D eigenvalue weighted by Crippen LogP contribution is -2.07. The van der Waals surface area contributed by atoms with Gasteiger partial charge in [-0.25, -0.2) is 4.79 Å². The zero-order valence-corrected chi connectivity index (χ0v) is 17.5. The summed E-state index contributed by atoms with van der Waals surface area (Å²) in [6.07, 6.45) is 0. The number of rotatable bonds is 7. The van der Waals surface area contributed by atoms with Gasteiger partial charge in [-0.3, -0.25) is 4.79 Å². The number of carboxylic acid groups (broad SMARTS) is 1. The van der Waals surface area contributed by atoms with Crippen LogP contribution in [0.25, 0.3) is 16.6 Å². The maximum absolute atomic E-state index is 13.4. The van der Waals surface area contributed by atoms with Gasteiger partial charge in [0, 0.05) is 22.3 Å². The first kappa shape index (κ1) is 20.6. The molecule has 31 heavy (non-hydrogen) atoms. The molecule has 3 aromatic carbocycles. The number of ketones is 1. The number of fused-ring (bicyclic) bond motifs is 1. The fourth-order valence-electron chi connectivity index (χ4n) is 3.83. The van der Waals surface area contributed by atoms with Crippen LogP contribution >= 0.6 is 0 Å². The van der Waals surface area contributed by atoms with E-state index in [1.54, 1.807) is 0 Å². The van der Waals surface area contributed by atoms with Gasteiger partial charge in [-0.15, -0.1) is 0 Å². The summed E-state index contributed by atoms with van der Waals surface area (Å²) in [5, 5.41) is 9.62. The van der Waals surface area contributed by atoms with Gasteiger partial charge in [0.05, 0.1) is 17.7 Å². The number of ether oxygens (including phenoxy) is 1. The molecule has 0 saturated heterocycles. The smallest absolute Gasteiger partial charge is 0.329 e. The summed E-state index contributed by atoms with van der Waals surface area (Å²) in [4.78, 5) is 24.0. The molecule has 5 nitrogen and oxygen atoms in total. The molecule has 0 spiro atoms. The zero-order chi connectivity index (χ0) is 22.0. The number of carbonyl (C=O) groups is 2. The summed E-state index contributed by atoms with van der Waals surface area (Å²) in [5.74, 6) is -0.983. The second-order valence-electron chi connectivity index (χ2n) is 7.56. The quantitative estimate of drug-likeness (QED) is 0.429. The van der Waals surface area contributed by atoms with Crippen LogP contribution in [-0.2, 0) is 16.1 Å². The minimum atomic E-state index is -0.989. The molecule has 0 fully saturated rings. The molecule has 156 valence electrons. The van der Waals surface area contributed by atoms with E-state index in [-0.39, 0.29) is 19.0 Å². The van der Waals surface area contributed by atoms with E-state index in [9.17, 15) is 9.59 Å². The Morgan fingerprint density at radius 2 is 1.58 bits per heavy atom. The van der Waals surface area contributed by atoms with E-state index in [0.29, 0.717) is 11.1 Å². The molecular formula is C26H23NO4. The summed E-state index contributed by atoms with van der Waals surface area (Å²) in [5.41, 5.74) is 6.14. The van der Waals surface area contributed by atoms with Crippen LogP contribution in [0, 0.1) is 13.8 Å². The van der Waals surface area contributed by atoms with Crippen LogP contribution in [0.1, 0.15) is 32.7 Å². The standard InChI is InChI=1S/C26H23NO4/c1-17-7-11-20(12-8-17)26(30)25-18(2)27(23-6-4-3-5-22(23)25)21-13-9-19(10-14-21)15-31-16-24(28)29/h3-14H,15-16H2,1-2H3,(H,28,29). The van der Waals surface area contributed by atoms with E-state index >= 15 is 0 Å². The van der Waals surface area contributed by atoms with Crippen LogP contribution in [-0.4, -0.2) is 28.0 Å². The number of carboxylic acids is 1. The Morgan fingerprint density at radius 1 is 0.903 bits per heavy atom. The lowest BCUT2D eigenvalue weighted by Gasteiger charge is -2.10. The van der Waals surface area contributed by atoms with E-state index in [2.05, 4.69) is 4.57 Å². The van der Waals surface area contributed by atoms with Gasteiger partial charge in [0.25, 0.3) is 0 Å². The van der Waals surface area contributed by atoms with Crippen molar-refractivity contribution in [1.82, 2.24) is 4.57 Å². The Bertz CT molecular complexity index is 1250. The van der Waals surface area contributed by atoms with Crippen molar-refractivity contribution >= 4 is 22.7 Å². The fourth-order valence-corrected chi connectivity index (χ4v) is 3.83. The highest BCUT2D eigenvalue weighted by atomic mass is 16.5. The number of aliphatic carboxylic acids is 1. The molecule has 0 aliphatic heterocycles. The van der Waals surface area contributed by atoms with Gasteiger partial charge in [0.2, 0.25) is 0 Å². The van der Waals surface area contributed by atoms with Crippen molar-refractivity contribution < 1.29 is 19.4 Å². The maximum Gasteiger partial charge on any atom is 0.329 e. The van der Waals surface area contributed by atoms with Gasteiger partial charge in [-0.1, -0.05) is 60.2 Å². The van der Waals surface area contributed by atoms with Crippen LogP contribution in [0.5, 0.6) is 0 Å². The van der Waals surface area contributed by atoms with Crippen LogP contribution < -0.4 is 0 Å². The third kappa shape index (κ3) is 4.13. The molecular weight excluding hydrogens is 390 g/mol. The molecule has 0 aliphatic rings. The number of aryl methyl sites for hydroxylation is 1. The van der Waals surface area contributed by atoms with Crippen molar-refractivity contribution in [2.75, 3.05) is 6.61 Å². The molecule has 1 heterocycles. The predicted molar refractivity (Wildman–Crippen MR) is 120 cm³/mol. The second kappa shape index (κ2) is 8.58. The normalized spacial score (nSPS) is 11.0. The van der Waals surface area contributed by atoms with E-state index in [1.807, 2.05) is 86.6 Å². The molecule has 5 heteroatoms. The topological polar surface area (TPSA) is 68.5 Å². The summed E-state index contributed by atoms with van der Waals surface area (Å²) >= 11 is 0. The van der Waals surface area contributed by atoms with Crippen molar-refractivity contribution in [3.63, 3.8) is 0 Å². The second-order valence-corrected chi connectivity index (χ2v) is 7.56. The third-order valence-corrected chi connectivity index (χ3v) is 5.34. The Morgan fingerprint density at radius 3 is 2.26 bits per heavy atom. The number of para-hydroxylation sites is 1. The van der Waals surface area contributed by atoms with Gasteiger partial charge in [-0.2, -0.15) is 0 Å². The highest BCUT2D eigenvalue weighted by molar-refractivity contribution is 6.17. The van der Waals surface area contributed by atoms with Gasteiger partial charge in [0.1, 0.15) is 6.61 Å². The number of nitrogens with zero attached hydrogens (tertiary/aromatic N) is 1. The lowest BCUT2D eigenvalue weighted by molar-refractivity contribution is -0.142. The highest BCUT2D eigenvalue weighted by Crippen LogP contribution is 2.31. The Labute approximate surface area is 180 Å². The van der Waals surface area contributed by atoms with Crippen molar-refractivity contribution in [2.45, 2.75) is 20.5 Å². The molecule has 1 N–H and O–H groups in total. The summed E-state index contributed by atoms with van der Waals surface area (Å²) < 4.78 is 7.24. The average molecular weight is 413 g/mol. The Hall–Kier alpha value is -3.70. The molecule has 4 aromatic rings. The number of aromatic nitrogens is 1. The van der Waals surface area contributed by atoms with Gasteiger partial charge in [0.15, 0.2) is 5.78 Å². The van der Waals surface area contributed by atoms with E-state index in [4.69, 9.17) is 9.84 Å². The molecule has 0 radical (unpaired) electrons. The van der Waals surface area contributed by atoms with E-state index in [1.165, 1.54) is 0 Å². The van der Waals surface area contributed by atoms with Crippen LogP contribution in [0.3, 0.4) is 0 Å². The van der Waals surface area contributed by atoms with E-state index < -0.39 is 5.97 Å². The Balaban J connectivity index is 1.74. The summed E-state index contributed by atoms with van der Waals surface area (Å²) in [6, 6.07) is 23.3. The monoisotopic (exact) mass is 413 g/mol. The first-order valence-electron chi connectivity index (χ1n) is 10.1. The molecule has 4 rings (SSSR count). The lowest BCUT2D eigenvalue weighted by atomic mass is 10.00. The van der Waals surface area contributed by atoms with Crippen LogP contribution in [0.4, 0.5) is 0 Å². The zero-order valence-electron chi connectivity index (χ0n) is 17.5. The Kier molecular flexibility index (Phi) is 5.69. The van der Waals surface area contributed by atoms with Gasteiger partial charge < -0.3 is 14.4 Å². The van der Waals surface area contributed by atoms with Gasteiger partial charge in [-0.05, 0) is 37.6 Å². The molecule has 0 amide bonds. The van der Waals surface area contributed by atoms with Crippen LogP contribution in [0.2, 0.25) is 0 Å². The molecule has 0 bridgehead atoms. The minimum Gasteiger partial charge on any atom is -0.480 e. The predicted octanol–water partition coefficient (Wildman–Crippen LogP) is 5.08. The largest absolute Gasteiger partial charge is 0.480 e. The van der Waals surface area contributed by atoms with E-state index in [0.717, 1.165) is 33.4 Å². The number of hydrogen-bond acceptors (Lipinski definition) is 3. The van der Waals surface area contributed by atoms with Crippen molar-refractivity contribution in [3.8, 4) is 5.69 Å². The number of hydrogen-bond donors (Lipinski definition) is 1. The molecule has 1 aromatic heterocycles. The number of carbonyl (C=O) groups excluding carboxylic acids is 1. The highest BCUT2D eigenvalue weighted by Gasteiger charge is 2.21. The fraction of sp³-hybridized carbons (Fsp3) is 0.154. The first-order chi connectivity index (χ1) is 15.0. The SMILES string of the molecule is Cc1ccc(C(=O)c2c(C)n(-c3ccc(COCC(=O)O)cc3)c3ccccc23)cc1. The average Bonchev–Trinajstić information content (AvgIpc) is 3.06. The van der Waals surface area contributed by atoms with Gasteiger partial charge >= 0.3 is 5.97 Å². The van der Waals surface area contributed by atoms with Crippen LogP contribution in [0.15, 0.2) is 72.8 Å². The molecule has 0 aliphatic carbocycles. The first-order valence-corrected chi connectivity index (χ1v) is 10.1. The van der Waals surface area contributed by atoms with Crippen molar-refractivity contribution in [1.29, 1.82) is 0 Å².